The van der Waals surface area contributed by atoms with Gasteiger partial charge in [0.25, 0.3) is 5.91 Å². The number of carbonyl (C=O) groups is 2. The molecule has 0 saturated carbocycles. The van der Waals surface area contributed by atoms with Crippen molar-refractivity contribution in [3.05, 3.63) is 93.3 Å². The van der Waals surface area contributed by atoms with Crippen molar-refractivity contribution >= 4 is 28.9 Å². The Morgan fingerprint density at radius 3 is 2.69 bits per heavy atom. The van der Waals surface area contributed by atoms with Crippen LogP contribution in [0.2, 0.25) is 0 Å². The number of amides is 1. The molecule has 0 radical (unpaired) electrons. The first kappa shape index (κ1) is 24.9. The highest BCUT2D eigenvalue weighted by Crippen LogP contribution is 2.34. The number of nitrogens with zero attached hydrogens (tertiary/aromatic N) is 5. The number of hydrogen-bond acceptors (Lipinski definition) is 6. The Hall–Kier alpha value is -4.44. The normalized spacial score (nSPS) is 14.9. The molecule has 1 amide bonds. The number of halogens is 1. The average Bonchev–Trinajstić information content (AvgIpc) is 3.60. The van der Waals surface area contributed by atoms with Gasteiger partial charge >= 0.3 is 5.97 Å². The fourth-order valence-electron chi connectivity index (χ4n) is 5.04. The van der Waals surface area contributed by atoms with E-state index in [0.717, 1.165) is 12.1 Å². The summed E-state index contributed by atoms with van der Waals surface area (Å²) in [6.45, 7) is 4.66. The maximum Gasteiger partial charge on any atom is 0.337 e. The summed E-state index contributed by atoms with van der Waals surface area (Å²) in [6, 6.07) is 13.2. The standard InChI is InChI=1S/C29H24FN5O3S/c1-3-19-13-25(28(36)34-10-8-26-20(16(34)2)9-11-39-26)32-27-14-24(33-35(19)27)21-6-4-17(12-22(21)30)23-7-5-18(15-31-23)29(37)38/h4-7,9,11-16H,3,8,10H2,1-2H3,(H,37,38)/t16-/m1/s1. The summed E-state index contributed by atoms with van der Waals surface area (Å²) in [6.07, 6.45) is 2.69. The first-order valence-electron chi connectivity index (χ1n) is 12.6. The molecule has 5 heterocycles. The molecule has 0 bridgehead atoms. The zero-order valence-corrected chi connectivity index (χ0v) is 22.1. The molecule has 0 fully saturated rings. The quantitative estimate of drug-likeness (QED) is 0.307. The van der Waals surface area contributed by atoms with E-state index in [1.807, 2.05) is 18.7 Å². The third kappa shape index (κ3) is 4.36. The first-order chi connectivity index (χ1) is 18.8. The van der Waals surface area contributed by atoms with Crippen molar-refractivity contribution in [2.75, 3.05) is 6.54 Å². The van der Waals surface area contributed by atoms with Crippen molar-refractivity contribution in [3.8, 4) is 22.5 Å². The lowest BCUT2D eigenvalue weighted by Crippen LogP contribution is -2.38. The highest BCUT2D eigenvalue weighted by Gasteiger charge is 2.30. The van der Waals surface area contributed by atoms with E-state index < -0.39 is 11.8 Å². The minimum Gasteiger partial charge on any atom is -0.478 e. The second-order valence-electron chi connectivity index (χ2n) is 9.44. The van der Waals surface area contributed by atoms with Crippen molar-refractivity contribution in [2.45, 2.75) is 32.7 Å². The van der Waals surface area contributed by atoms with Gasteiger partial charge in [0.15, 0.2) is 5.65 Å². The van der Waals surface area contributed by atoms with E-state index in [0.29, 0.717) is 41.3 Å². The second-order valence-corrected chi connectivity index (χ2v) is 10.4. The number of carboxylic acid groups (broad SMARTS) is 1. The van der Waals surface area contributed by atoms with Crippen molar-refractivity contribution in [1.29, 1.82) is 0 Å². The van der Waals surface area contributed by atoms with Crippen LogP contribution < -0.4 is 0 Å². The van der Waals surface area contributed by atoms with Crippen molar-refractivity contribution < 1.29 is 19.1 Å². The molecule has 1 aromatic carbocycles. The van der Waals surface area contributed by atoms with Gasteiger partial charge in [-0.2, -0.15) is 5.10 Å². The molecule has 1 atom stereocenters. The number of benzene rings is 1. The maximum absolute atomic E-state index is 15.3. The zero-order valence-electron chi connectivity index (χ0n) is 21.3. The van der Waals surface area contributed by atoms with Gasteiger partial charge in [-0.15, -0.1) is 11.3 Å². The van der Waals surface area contributed by atoms with Crippen LogP contribution in [0, 0.1) is 5.82 Å². The number of carbonyl (C=O) groups excluding carboxylic acids is 1. The van der Waals surface area contributed by atoms with Gasteiger partial charge in [-0.1, -0.05) is 13.0 Å². The Kier molecular flexibility index (Phi) is 6.19. The molecule has 0 spiro atoms. The molecule has 196 valence electrons. The Morgan fingerprint density at radius 1 is 1.13 bits per heavy atom. The summed E-state index contributed by atoms with van der Waals surface area (Å²) < 4.78 is 16.9. The lowest BCUT2D eigenvalue weighted by molar-refractivity contribution is 0.0670. The van der Waals surface area contributed by atoms with Crippen LogP contribution in [0.15, 0.2) is 60.1 Å². The van der Waals surface area contributed by atoms with E-state index in [1.165, 1.54) is 28.8 Å². The van der Waals surface area contributed by atoms with Gasteiger partial charge in [0, 0.05) is 40.5 Å². The number of fused-ring (bicyclic) bond motifs is 2. The summed E-state index contributed by atoms with van der Waals surface area (Å²) in [4.78, 5) is 36.6. The van der Waals surface area contributed by atoms with Crippen LogP contribution >= 0.6 is 11.3 Å². The number of carboxylic acids is 1. The number of aryl methyl sites for hydroxylation is 1. The van der Waals surface area contributed by atoms with E-state index in [4.69, 9.17) is 5.11 Å². The van der Waals surface area contributed by atoms with Crippen LogP contribution in [-0.4, -0.2) is 48.0 Å². The number of thiophene rings is 1. The minimum atomic E-state index is -1.07. The molecule has 39 heavy (non-hydrogen) atoms. The van der Waals surface area contributed by atoms with Gasteiger partial charge in [-0.25, -0.2) is 18.7 Å². The third-order valence-corrected chi connectivity index (χ3v) is 8.17. The smallest absolute Gasteiger partial charge is 0.337 e. The lowest BCUT2D eigenvalue weighted by atomic mass is 10.0. The van der Waals surface area contributed by atoms with E-state index in [2.05, 4.69) is 26.5 Å². The molecule has 6 rings (SSSR count). The van der Waals surface area contributed by atoms with Gasteiger partial charge in [-0.3, -0.25) is 9.78 Å². The van der Waals surface area contributed by atoms with Gasteiger partial charge < -0.3 is 10.0 Å². The van der Waals surface area contributed by atoms with Crippen LogP contribution in [0.4, 0.5) is 4.39 Å². The molecule has 1 aliphatic rings. The summed E-state index contributed by atoms with van der Waals surface area (Å²) in [7, 11) is 0. The predicted molar refractivity (Wildman–Crippen MR) is 145 cm³/mol. The molecule has 10 heteroatoms. The summed E-state index contributed by atoms with van der Waals surface area (Å²) >= 11 is 1.73. The predicted octanol–water partition coefficient (Wildman–Crippen LogP) is 5.68. The van der Waals surface area contributed by atoms with Crippen LogP contribution in [0.5, 0.6) is 0 Å². The van der Waals surface area contributed by atoms with Gasteiger partial charge in [-0.05, 0) is 67.1 Å². The molecule has 1 aliphatic heterocycles. The van der Waals surface area contributed by atoms with Crippen molar-refractivity contribution in [2.24, 2.45) is 0 Å². The average molecular weight is 542 g/mol. The Bertz CT molecular complexity index is 1740. The van der Waals surface area contributed by atoms with E-state index >= 15 is 4.39 Å². The lowest BCUT2D eigenvalue weighted by Gasteiger charge is -2.33. The second kappa shape index (κ2) is 9.70. The number of rotatable bonds is 5. The van der Waals surface area contributed by atoms with Gasteiger partial charge in [0.05, 0.1) is 23.0 Å². The number of aromatic carboxylic acids is 1. The fraction of sp³-hybridized carbons (Fsp3) is 0.207. The van der Waals surface area contributed by atoms with Crippen molar-refractivity contribution in [1.82, 2.24) is 24.5 Å². The Labute approximate surface area is 227 Å². The molecule has 0 saturated heterocycles. The minimum absolute atomic E-state index is 0.0292. The zero-order chi connectivity index (χ0) is 27.3. The SMILES string of the molecule is CCc1cc(C(=O)N2CCc3sccc3[C@H]2C)nc2cc(-c3ccc(-c4ccc(C(=O)O)cn4)cc3F)nn12. The molecular formula is C29H24FN5O3S. The molecule has 0 aliphatic carbocycles. The third-order valence-electron chi connectivity index (χ3n) is 7.17. The molecule has 4 aromatic heterocycles. The largest absolute Gasteiger partial charge is 0.478 e. The van der Waals surface area contributed by atoms with E-state index in [-0.39, 0.29) is 23.1 Å². The molecule has 0 unspecified atom stereocenters. The Morgan fingerprint density at radius 2 is 1.97 bits per heavy atom. The maximum atomic E-state index is 15.3. The highest BCUT2D eigenvalue weighted by atomic mass is 32.1. The van der Waals surface area contributed by atoms with Crippen LogP contribution in [0.1, 0.15) is 56.9 Å². The van der Waals surface area contributed by atoms with Crippen molar-refractivity contribution in [3.63, 3.8) is 0 Å². The number of hydrogen-bond donors (Lipinski definition) is 1. The molecule has 5 aromatic rings. The van der Waals surface area contributed by atoms with E-state index in [9.17, 15) is 9.59 Å². The molecular weight excluding hydrogens is 517 g/mol. The van der Waals surface area contributed by atoms with Crippen LogP contribution in [-0.2, 0) is 12.8 Å². The molecule has 1 N–H and O–H groups in total. The van der Waals surface area contributed by atoms with E-state index in [1.54, 1.807) is 46.2 Å². The summed E-state index contributed by atoms with van der Waals surface area (Å²) in [5.74, 6) is -1.70. The van der Waals surface area contributed by atoms with Crippen LogP contribution in [0.25, 0.3) is 28.2 Å². The fourth-order valence-corrected chi connectivity index (χ4v) is 6.00. The number of pyridine rings is 1. The highest BCUT2D eigenvalue weighted by molar-refractivity contribution is 7.10. The van der Waals surface area contributed by atoms with Crippen LogP contribution in [0.3, 0.4) is 0 Å². The number of aromatic nitrogens is 4. The van der Waals surface area contributed by atoms with Gasteiger partial charge in [0.2, 0.25) is 0 Å². The molecule has 8 nitrogen and oxygen atoms in total. The monoisotopic (exact) mass is 541 g/mol. The summed E-state index contributed by atoms with van der Waals surface area (Å²) in [5.41, 5.74) is 4.53. The first-order valence-corrected chi connectivity index (χ1v) is 13.5. The Balaban J connectivity index is 1.33. The summed E-state index contributed by atoms with van der Waals surface area (Å²) in [5, 5.41) is 15.7. The van der Waals surface area contributed by atoms with Gasteiger partial charge in [0.1, 0.15) is 11.5 Å². The topological polar surface area (TPSA) is 101 Å².